The number of esters is 1. The van der Waals surface area contributed by atoms with Gasteiger partial charge in [-0.3, -0.25) is 9.59 Å². The van der Waals surface area contributed by atoms with Crippen molar-refractivity contribution in [3.8, 4) is 11.5 Å². The largest absolute Gasteiger partial charge is 0.496 e. The predicted octanol–water partition coefficient (Wildman–Crippen LogP) is 2.17. The summed E-state index contributed by atoms with van der Waals surface area (Å²) in [6.07, 6.45) is 0.530. The highest BCUT2D eigenvalue weighted by molar-refractivity contribution is 5.76. The van der Waals surface area contributed by atoms with Crippen molar-refractivity contribution in [2.24, 2.45) is 5.73 Å². The highest BCUT2D eigenvalue weighted by Crippen LogP contribution is 2.26. The van der Waals surface area contributed by atoms with Gasteiger partial charge in [-0.2, -0.15) is 0 Å². The monoisotopic (exact) mass is 410 g/mol. The fourth-order valence-electron chi connectivity index (χ4n) is 2.55. The third-order valence-corrected chi connectivity index (χ3v) is 4.04. The Kier molecular flexibility index (Phi) is 9.91. The Labute approximate surface area is 173 Å². The van der Waals surface area contributed by atoms with Crippen molar-refractivity contribution in [1.29, 1.82) is 0 Å². The Hall–Kier alpha value is -2.32. The van der Waals surface area contributed by atoms with Gasteiger partial charge in [-0.1, -0.05) is 0 Å². The first-order valence-electron chi connectivity index (χ1n) is 9.67. The Morgan fingerprint density at radius 3 is 2.52 bits per heavy atom. The van der Waals surface area contributed by atoms with Crippen LogP contribution in [0.2, 0.25) is 0 Å². The maximum Gasteiger partial charge on any atom is 0.325 e. The first-order valence-corrected chi connectivity index (χ1v) is 9.67. The second kappa shape index (κ2) is 11.6. The van der Waals surface area contributed by atoms with Crippen LogP contribution in [0, 0.1) is 0 Å². The lowest BCUT2D eigenvalue weighted by Gasteiger charge is -2.27. The Morgan fingerprint density at radius 1 is 1.24 bits per heavy atom. The van der Waals surface area contributed by atoms with Gasteiger partial charge in [0, 0.05) is 25.1 Å². The van der Waals surface area contributed by atoms with Crippen LogP contribution in [-0.2, 0) is 25.7 Å². The van der Waals surface area contributed by atoms with E-state index in [1.165, 1.54) is 7.11 Å². The maximum atomic E-state index is 12.2. The van der Waals surface area contributed by atoms with Crippen LogP contribution in [0.3, 0.4) is 0 Å². The molecule has 0 fully saturated rings. The molecule has 1 aromatic rings. The van der Waals surface area contributed by atoms with Crippen LogP contribution >= 0.6 is 0 Å². The van der Waals surface area contributed by atoms with Crippen LogP contribution in [0.5, 0.6) is 11.5 Å². The van der Waals surface area contributed by atoms with Crippen molar-refractivity contribution in [3.63, 3.8) is 0 Å². The third-order valence-electron chi connectivity index (χ3n) is 4.04. The summed E-state index contributed by atoms with van der Waals surface area (Å²) in [6.45, 7) is 7.87. The van der Waals surface area contributed by atoms with E-state index in [9.17, 15) is 9.59 Å². The molecule has 1 amide bonds. The number of hydrogen-bond acceptors (Lipinski definition) is 7. The molecule has 0 radical (unpaired) electrons. The molecule has 0 aliphatic carbocycles. The van der Waals surface area contributed by atoms with E-state index in [4.69, 9.17) is 24.7 Å². The molecule has 3 N–H and O–H groups in total. The molecule has 0 aliphatic heterocycles. The molecular formula is C21H34N2O6. The third kappa shape index (κ3) is 9.15. The van der Waals surface area contributed by atoms with Crippen LogP contribution in [0.4, 0.5) is 0 Å². The van der Waals surface area contributed by atoms with Crippen molar-refractivity contribution in [2.75, 3.05) is 20.8 Å². The summed E-state index contributed by atoms with van der Waals surface area (Å²) in [5, 5.41) is 2.57. The molecule has 0 bridgehead atoms. The first kappa shape index (κ1) is 24.7. The van der Waals surface area contributed by atoms with E-state index in [1.54, 1.807) is 32.2 Å². The van der Waals surface area contributed by atoms with Crippen molar-refractivity contribution < 1.29 is 28.5 Å². The molecule has 0 unspecified atom stereocenters. The summed E-state index contributed by atoms with van der Waals surface area (Å²) in [5.41, 5.74) is 6.23. The van der Waals surface area contributed by atoms with E-state index in [0.29, 0.717) is 36.5 Å². The summed E-state index contributed by atoms with van der Waals surface area (Å²) in [6, 6.07) is 4.36. The molecule has 0 spiro atoms. The number of nitrogens with two attached hydrogens (primary N) is 1. The number of benzene rings is 1. The molecule has 0 saturated heterocycles. The van der Waals surface area contributed by atoms with Gasteiger partial charge >= 0.3 is 5.97 Å². The van der Waals surface area contributed by atoms with Crippen LogP contribution in [0.15, 0.2) is 18.2 Å². The van der Waals surface area contributed by atoms with Crippen LogP contribution < -0.4 is 20.5 Å². The van der Waals surface area contributed by atoms with Crippen LogP contribution in [-0.4, -0.2) is 50.4 Å². The molecule has 8 heteroatoms. The van der Waals surface area contributed by atoms with E-state index < -0.39 is 23.7 Å². The molecule has 0 aromatic heterocycles. The van der Waals surface area contributed by atoms with E-state index >= 15 is 0 Å². The fourth-order valence-corrected chi connectivity index (χ4v) is 2.55. The highest BCUT2D eigenvalue weighted by Gasteiger charge is 2.27. The summed E-state index contributed by atoms with van der Waals surface area (Å²) in [4.78, 5) is 23.4. The van der Waals surface area contributed by atoms with Gasteiger partial charge in [0.2, 0.25) is 5.91 Å². The Balaban J connectivity index is 2.59. The smallest absolute Gasteiger partial charge is 0.325 e. The zero-order chi connectivity index (χ0) is 22.0. The molecule has 0 aliphatic rings. The van der Waals surface area contributed by atoms with Gasteiger partial charge in [-0.25, -0.2) is 0 Å². The fraction of sp³-hybridized carbons (Fsp3) is 0.619. The Bertz CT molecular complexity index is 672. The van der Waals surface area contributed by atoms with E-state index in [-0.39, 0.29) is 12.5 Å². The topological polar surface area (TPSA) is 109 Å². The quantitative estimate of drug-likeness (QED) is 0.425. The zero-order valence-electron chi connectivity index (χ0n) is 18.2. The average Bonchev–Trinajstić information content (AvgIpc) is 2.67. The average molecular weight is 411 g/mol. The number of nitrogens with one attached hydrogen (secondary N) is 1. The molecule has 1 aromatic carbocycles. The minimum Gasteiger partial charge on any atom is -0.496 e. The van der Waals surface area contributed by atoms with Crippen molar-refractivity contribution in [3.05, 3.63) is 23.8 Å². The van der Waals surface area contributed by atoms with Gasteiger partial charge in [0.15, 0.2) is 0 Å². The number of methoxy groups -OCH3 is 1. The minimum absolute atomic E-state index is 0.0227. The Morgan fingerprint density at radius 2 is 1.93 bits per heavy atom. The van der Waals surface area contributed by atoms with Crippen LogP contribution in [0.1, 0.15) is 46.1 Å². The van der Waals surface area contributed by atoms with Gasteiger partial charge in [-0.15, -0.1) is 0 Å². The number of hydrogen-bond donors (Lipinski definition) is 2. The summed E-state index contributed by atoms with van der Waals surface area (Å²) in [7, 11) is 3.13. The van der Waals surface area contributed by atoms with Gasteiger partial charge < -0.3 is 30.0 Å². The summed E-state index contributed by atoms with van der Waals surface area (Å²) < 4.78 is 22.0. The molecule has 8 nitrogen and oxygen atoms in total. The first-order chi connectivity index (χ1) is 13.6. The lowest BCUT2D eigenvalue weighted by molar-refractivity contribution is -0.153. The normalized spacial score (nSPS) is 13.3. The van der Waals surface area contributed by atoms with Gasteiger partial charge in [-0.05, 0) is 46.2 Å². The summed E-state index contributed by atoms with van der Waals surface area (Å²) >= 11 is 0. The molecule has 0 saturated carbocycles. The number of ether oxygens (including phenoxy) is 4. The number of carbonyl (C=O) groups excluding carboxylic acids is 2. The number of amides is 1. The van der Waals surface area contributed by atoms with E-state index in [2.05, 4.69) is 5.32 Å². The molecule has 1 rings (SSSR count). The summed E-state index contributed by atoms with van der Waals surface area (Å²) in [5.74, 6) is 0.578. The van der Waals surface area contributed by atoms with Crippen molar-refractivity contribution in [2.45, 2.75) is 64.9 Å². The number of carbonyl (C=O) groups is 2. The van der Waals surface area contributed by atoms with E-state index in [1.807, 2.05) is 20.8 Å². The molecule has 29 heavy (non-hydrogen) atoms. The molecule has 2 atom stereocenters. The molecular weight excluding hydrogens is 376 g/mol. The van der Waals surface area contributed by atoms with Crippen molar-refractivity contribution >= 4 is 11.9 Å². The second-order valence-electron chi connectivity index (χ2n) is 7.67. The second-order valence-corrected chi connectivity index (χ2v) is 7.67. The lowest BCUT2D eigenvalue weighted by Crippen LogP contribution is -2.45. The molecule has 164 valence electrons. The van der Waals surface area contributed by atoms with Gasteiger partial charge in [0.25, 0.3) is 0 Å². The SMILES string of the molecule is CNC(=O)CCCOc1ccc(COC(=O)[C@@H](N)[C@@H](C)OC(C)(C)C)c(OC)c1. The standard InChI is InChI=1S/C21H34N2O6/c1-14(29-21(2,3)4)19(22)20(25)28-13-15-9-10-16(12-17(15)26-6)27-11-7-8-18(24)23-5/h9-10,12,14,19H,7-8,11,13,22H2,1-6H3,(H,23,24)/t14-,19+/m1/s1. The lowest BCUT2D eigenvalue weighted by atomic mass is 10.1. The van der Waals surface area contributed by atoms with Crippen LogP contribution in [0.25, 0.3) is 0 Å². The van der Waals surface area contributed by atoms with E-state index in [0.717, 1.165) is 0 Å². The minimum atomic E-state index is -0.886. The number of rotatable bonds is 11. The zero-order valence-corrected chi connectivity index (χ0v) is 18.2. The van der Waals surface area contributed by atoms with Gasteiger partial charge in [0.05, 0.1) is 25.4 Å². The molecule has 0 heterocycles. The predicted molar refractivity (Wildman–Crippen MR) is 110 cm³/mol. The van der Waals surface area contributed by atoms with Crippen molar-refractivity contribution in [1.82, 2.24) is 5.32 Å². The van der Waals surface area contributed by atoms with Gasteiger partial charge in [0.1, 0.15) is 24.1 Å². The maximum absolute atomic E-state index is 12.2. The highest BCUT2D eigenvalue weighted by atomic mass is 16.5.